The fourth-order valence-electron chi connectivity index (χ4n) is 3.43. The molecule has 2 heterocycles. The summed E-state index contributed by atoms with van der Waals surface area (Å²) >= 11 is 1.72. The first-order chi connectivity index (χ1) is 13.4. The van der Waals surface area contributed by atoms with Gasteiger partial charge < -0.3 is 9.80 Å². The van der Waals surface area contributed by atoms with Gasteiger partial charge in [-0.15, -0.1) is 0 Å². The molecule has 0 spiro atoms. The number of aryl methyl sites for hydroxylation is 2. The third kappa shape index (κ3) is 3.52. The lowest BCUT2D eigenvalue weighted by atomic mass is 10.1. The highest BCUT2D eigenvalue weighted by molar-refractivity contribution is 7.22. The van der Waals surface area contributed by atoms with E-state index in [0.717, 1.165) is 23.7 Å². The third-order valence-corrected chi connectivity index (χ3v) is 6.45. The summed E-state index contributed by atoms with van der Waals surface area (Å²) in [6.45, 7) is 8.65. The van der Waals surface area contributed by atoms with Crippen LogP contribution in [0, 0.1) is 13.8 Å². The molecule has 3 aromatic rings. The van der Waals surface area contributed by atoms with Gasteiger partial charge in [-0.1, -0.05) is 23.5 Å². The number of hydrogen-bond donors (Lipinski definition) is 0. The molecule has 28 heavy (non-hydrogen) atoms. The standard InChI is InChI=1S/C22H23N3O2S/c1-14-12-19-20(13-15(14)2)28-22(23-19)25-10-8-24(9-11-25)21(27)18-6-4-17(5-7-18)16(3)26/h4-7,12-13H,8-11H2,1-3H3. The fraction of sp³-hybridized carbons (Fsp3) is 0.318. The van der Waals surface area contributed by atoms with Crippen molar-refractivity contribution >= 4 is 38.4 Å². The predicted octanol–water partition coefficient (Wildman–Crippen LogP) is 4.08. The van der Waals surface area contributed by atoms with Crippen molar-refractivity contribution in [2.24, 2.45) is 0 Å². The normalized spacial score (nSPS) is 14.5. The summed E-state index contributed by atoms with van der Waals surface area (Å²) in [5, 5.41) is 1.03. The van der Waals surface area contributed by atoms with Gasteiger partial charge in [0.25, 0.3) is 5.91 Å². The molecule has 1 aromatic heterocycles. The molecular weight excluding hydrogens is 370 g/mol. The number of Topliss-reactive ketones (excluding diaryl/α,β-unsaturated/α-hetero) is 1. The average Bonchev–Trinajstić information content (AvgIpc) is 3.10. The van der Waals surface area contributed by atoms with Gasteiger partial charge in [-0.3, -0.25) is 9.59 Å². The molecule has 1 amide bonds. The van der Waals surface area contributed by atoms with Gasteiger partial charge >= 0.3 is 0 Å². The number of anilines is 1. The van der Waals surface area contributed by atoms with Crippen molar-refractivity contribution in [3.8, 4) is 0 Å². The maximum Gasteiger partial charge on any atom is 0.253 e. The van der Waals surface area contributed by atoms with Crippen LogP contribution < -0.4 is 4.90 Å². The summed E-state index contributed by atoms with van der Waals surface area (Å²) in [6, 6.07) is 11.3. The first kappa shape index (κ1) is 18.6. The fourth-order valence-corrected chi connectivity index (χ4v) is 4.53. The van der Waals surface area contributed by atoms with Gasteiger partial charge in [0.1, 0.15) is 0 Å². The van der Waals surface area contributed by atoms with E-state index in [-0.39, 0.29) is 11.7 Å². The zero-order chi connectivity index (χ0) is 19.8. The lowest BCUT2D eigenvalue weighted by Gasteiger charge is -2.34. The van der Waals surface area contributed by atoms with Crippen LogP contribution in [0.3, 0.4) is 0 Å². The van der Waals surface area contributed by atoms with E-state index in [1.807, 2.05) is 4.90 Å². The molecular formula is C22H23N3O2S. The molecule has 0 aliphatic carbocycles. The first-order valence-corrected chi connectivity index (χ1v) is 10.3. The smallest absolute Gasteiger partial charge is 0.253 e. The maximum atomic E-state index is 12.7. The molecule has 1 saturated heterocycles. The second-order valence-electron chi connectivity index (χ2n) is 7.31. The summed E-state index contributed by atoms with van der Waals surface area (Å²) in [6.07, 6.45) is 0. The number of nitrogens with zero attached hydrogens (tertiary/aromatic N) is 3. The Morgan fingerprint density at radius 2 is 1.54 bits per heavy atom. The molecule has 0 N–H and O–H groups in total. The Bertz CT molecular complexity index is 1010. The first-order valence-electron chi connectivity index (χ1n) is 9.45. The van der Waals surface area contributed by atoms with Gasteiger partial charge in [0.2, 0.25) is 0 Å². The van der Waals surface area contributed by atoms with E-state index in [1.165, 1.54) is 22.8 Å². The van der Waals surface area contributed by atoms with E-state index in [2.05, 4.69) is 30.9 Å². The zero-order valence-electron chi connectivity index (χ0n) is 16.4. The van der Waals surface area contributed by atoms with Gasteiger partial charge in [0, 0.05) is 37.3 Å². The minimum absolute atomic E-state index is 0.00818. The van der Waals surface area contributed by atoms with Crippen LogP contribution in [-0.2, 0) is 0 Å². The van der Waals surface area contributed by atoms with Crippen LogP contribution in [0.5, 0.6) is 0 Å². The average molecular weight is 394 g/mol. The SMILES string of the molecule is CC(=O)c1ccc(C(=O)N2CCN(c3nc4cc(C)c(C)cc4s3)CC2)cc1. The van der Waals surface area contributed by atoms with Crippen molar-refractivity contribution < 1.29 is 9.59 Å². The summed E-state index contributed by atoms with van der Waals surface area (Å²) in [5.74, 6) is 0.0270. The highest BCUT2D eigenvalue weighted by Gasteiger charge is 2.24. The van der Waals surface area contributed by atoms with Crippen LogP contribution in [0.25, 0.3) is 10.2 Å². The third-order valence-electron chi connectivity index (χ3n) is 5.37. The minimum atomic E-state index is 0.00818. The van der Waals surface area contributed by atoms with E-state index < -0.39 is 0 Å². The monoisotopic (exact) mass is 393 g/mol. The molecule has 1 aliphatic rings. The van der Waals surface area contributed by atoms with Crippen LogP contribution in [0.1, 0.15) is 38.8 Å². The molecule has 4 rings (SSSR count). The second kappa shape index (κ2) is 7.36. The molecule has 144 valence electrons. The van der Waals surface area contributed by atoms with E-state index in [4.69, 9.17) is 4.98 Å². The molecule has 1 fully saturated rings. The summed E-state index contributed by atoms with van der Waals surface area (Å²) in [4.78, 5) is 33.1. The van der Waals surface area contributed by atoms with Gasteiger partial charge in [-0.05, 0) is 56.2 Å². The van der Waals surface area contributed by atoms with E-state index >= 15 is 0 Å². The van der Waals surface area contributed by atoms with Crippen molar-refractivity contribution in [1.82, 2.24) is 9.88 Å². The van der Waals surface area contributed by atoms with Gasteiger partial charge in [-0.2, -0.15) is 0 Å². The van der Waals surface area contributed by atoms with Gasteiger partial charge in [0.15, 0.2) is 10.9 Å². The Kier molecular flexibility index (Phi) is 4.89. The number of carbonyl (C=O) groups is 2. The number of benzene rings is 2. The number of aromatic nitrogens is 1. The van der Waals surface area contributed by atoms with E-state index in [1.54, 1.807) is 35.6 Å². The van der Waals surface area contributed by atoms with Crippen LogP contribution in [0.2, 0.25) is 0 Å². The van der Waals surface area contributed by atoms with E-state index in [0.29, 0.717) is 24.2 Å². The van der Waals surface area contributed by atoms with Crippen molar-refractivity contribution in [3.63, 3.8) is 0 Å². The quantitative estimate of drug-likeness (QED) is 0.629. The molecule has 0 atom stereocenters. The molecule has 5 nitrogen and oxygen atoms in total. The van der Waals surface area contributed by atoms with Gasteiger partial charge in [-0.25, -0.2) is 4.98 Å². The molecule has 0 bridgehead atoms. The Labute approximate surface area is 168 Å². The maximum absolute atomic E-state index is 12.7. The van der Waals surface area contributed by atoms with Crippen LogP contribution >= 0.6 is 11.3 Å². The number of thiazole rings is 1. The van der Waals surface area contributed by atoms with Crippen LogP contribution in [-0.4, -0.2) is 47.8 Å². The molecule has 2 aromatic carbocycles. The summed E-state index contributed by atoms with van der Waals surface area (Å²) in [5.41, 5.74) is 4.85. The number of rotatable bonds is 3. The molecule has 0 unspecified atom stereocenters. The summed E-state index contributed by atoms with van der Waals surface area (Å²) < 4.78 is 1.21. The number of hydrogen-bond acceptors (Lipinski definition) is 5. The number of piperazine rings is 1. The highest BCUT2D eigenvalue weighted by atomic mass is 32.1. The van der Waals surface area contributed by atoms with Crippen molar-refractivity contribution in [1.29, 1.82) is 0 Å². The molecule has 1 aliphatic heterocycles. The molecule has 0 radical (unpaired) electrons. The Balaban J connectivity index is 1.44. The Morgan fingerprint density at radius 1 is 0.929 bits per heavy atom. The van der Waals surface area contributed by atoms with Crippen molar-refractivity contribution in [3.05, 3.63) is 58.7 Å². The minimum Gasteiger partial charge on any atom is -0.345 e. The Hall–Kier alpha value is -2.73. The number of ketones is 1. The Morgan fingerprint density at radius 3 is 2.18 bits per heavy atom. The van der Waals surface area contributed by atoms with Crippen molar-refractivity contribution in [2.45, 2.75) is 20.8 Å². The van der Waals surface area contributed by atoms with Gasteiger partial charge in [0.05, 0.1) is 10.2 Å². The number of carbonyl (C=O) groups excluding carboxylic acids is 2. The zero-order valence-corrected chi connectivity index (χ0v) is 17.2. The number of fused-ring (bicyclic) bond motifs is 1. The predicted molar refractivity (Wildman–Crippen MR) is 114 cm³/mol. The van der Waals surface area contributed by atoms with Crippen LogP contribution in [0.15, 0.2) is 36.4 Å². The topological polar surface area (TPSA) is 53.5 Å². The molecule has 0 saturated carbocycles. The second-order valence-corrected chi connectivity index (χ2v) is 8.32. The lowest BCUT2D eigenvalue weighted by Crippen LogP contribution is -2.48. The summed E-state index contributed by atoms with van der Waals surface area (Å²) in [7, 11) is 0. The highest BCUT2D eigenvalue weighted by Crippen LogP contribution is 2.31. The lowest BCUT2D eigenvalue weighted by molar-refractivity contribution is 0.0746. The van der Waals surface area contributed by atoms with Crippen LogP contribution in [0.4, 0.5) is 5.13 Å². The largest absolute Gasteiger partial charge is 0.345 e. The van der Waals surface area contributed by atoms with E-state index in [9.17, 15) is 9.59 Å². The van der Waals surface area contributed by atoms with Crippen molar-refractivity contribution in [2.75, 3.05) is 31.1 Å². The molecule has 6 heteroatoms. The number of amides is 1.